The second kappa shape index (κ2) is 9.32. The standard InChI is InChI=1S/C24H21N5OS/c1-2-30-20-15-13-19(14-16-20)26-27-22-21(17-9-5-3-6-10-17)28-29(24(25)31)23(22)18-11-7-4-8-12-18/h3-16H,2H2,1H3,(H2,25,31). The summed E-state index contributed by atoms with van der Waals surface area (Å²) in [5.74, 6) is 0.790. The molecule has 0 spiro atoms. The molecule has 4 rings (SSSR count). The van der Waals surface area contributed by atoms with Crippen LogP contribution in [0.15, 0.2) is 95.2 Å². The zero-order valence-corrected chi connectivity index (χ0v) is 17.8. The molecule has 6 nitrogen and oxygen atoms in total. The van der Waals surface area contributed by atoms with E-state index < -0.39 is 0 Å². The van der Waals surface area contributed by atoms with E-state index in [4.69, 9.17) is 22.7 Å². The summed E-state index contributed by atoms with van der Waals surface area (Å²) in [5, 5.41) is 13.9. The van der Waals surface area contributed by atoms with Gasteiger partial charge in [-0.3, -0.25) is 0 Å². The zero-order chi connectivity index (χ0) is 21.6. The summed E-state index contributed by atoms with van der Waals surface area (Å²) < 4.78 is 7.03. The molecule has 0 unspecified atom stereocenters. The Morgan fingerprint density at radius 3 is 2.10 bits per heavy atom. The Hall–Kier alpha value is -3.84. The van der Waals surface area contributed by atoms with Crippen molar-refractivity contribution in [2.24, 2.45) is 16.0 Å². The van der Waals surface area contributed by atoms with Crippen molar-refractivity contribution in [2.75, 3.05) is 6.61 Å². The van der Waals surface area contributed by atoms with Crippen LogP contribution in [0.3, 0.4) is 0 Å². The molecular weight excluding hydrogens is 406 g/mol. The second-order valence-corrected chi connectivity index (χ2v) is 7.07. The lowest BCUT2D eigenvalue weighted by Gasteiger charge is -2.06. The second-order valence-electron chi connectivity index (χ2n) is 6.65. The molecule has 154 valence electrons. The van der Waals surface area contributed by atoms with Crippen LogP contribution in [0.2, 0.25) is 0 Å². The Morgan fingerprint density at radius 2 is 1.52 bits per heavy atom. The van der Waals surface area contributed by atoms with Crippen molar-refractivity contribution in [3.05, 3.63) is 84.9 Å². The highest BCUT2D eigenvalue weighted by Gasteiger charge is 2.22. The molecule has 0 aliphatic rings. The molecule has 7 heteroatoms. The van der Waals surface area contributed by atoms with Crippen LogP contribution < -0.4 is 10.5 Å². The third-order valence-corrected chi connectivity index (χ3v) is 4.75. The van der Waals surface area contributed by atoms with Crippen molar-refractivity contribution in [1.82, 2.24) is 9.78 Å². The van der Waals surface area contributed by atoms with E-state index in [2.05, 4.69) is 15.3 Å². The van der Waals surface area contributed by atoms with Gasteiger partial charge in [0.05, 0.1) is 12.3 Å². The van der Waals surface area contributed by atoms with E-state index in [1.165, 1.54) is 0 Å². The molecule has 4 aromatic rings. The lowest BCUT2D eigenvalue weighted by atomic mass is 10.1. The maximum Gasteiger partial charge on any atom is 0.191 e. The number of nitrogens with zero attached hydrogens (tertiary/aromatic N) is 4. The highest BCUT2D eigenvalue weighted by atomic mass is 32.1. The van der Waals surface area contributed by atoms with E-state index in [0.29, 0.717) is 29.4 Å². The maximum absolute atomic E-state index is 6.01. The number of hydrogen-bond acceptors (Lipinski definition) is 5. The monoisotopic (exact) mass is 427 g/mol. The summed E-state index contributed by atoms with van der Waals surface area (Å²) in [4.78, 5) is 0. The minimum atomic E-state index is 0.138. The highest BCUT2D eigenvalue weighted by Crippen LogP contribution is 2.40. The fraction of sp³-hybridized carbons (Fsp3) is 0.0833. The van der Waals surface area contributed by atoms with Crippen molar-refractivity contribution in [2.45, 2.75) is 6.92 Å². The number of nitrogens with two attached hydrogens (primary N) is 1. The normalized spacial score (nSPS) is 11.0. The number of ether oxygens (including phenoxy) is 1. The molecule has 3 aromatic carbocycles. The SMILES string of the molecule is CCOc1ccc(N=Nc2c(-c3ccccc3)nn(C(N)=S)c2-c2ccccc2)cc1. The quantitative estimate of drug-likeness (QED) is 0.297. The van der Waals surface area contributed by atoms with Gasteiger partial charge in [-0.15, -0.1) is 5.11 Å². The number of rotatable bonds is 6. The number of benzene rings is 3. The van der Waals surface area contributed by atoms with Gasteiger partial charge >= 0.3 is 0 Å². The Morgan fingerprint density at radius 1 is 0.903 bits per heavy atom. The van der Waals surface area contributed by atoms with Crippen LogP contribution in [0.1, 0.15) is 6.92 Å². The van der Waals surface area contributed by atoms with Gasteiger partial charge in [0, 0.05) is 11.1 Å². The predicted molar refractivity (Wildman–Crippen MR) is 127 cm³/mol. The van der Waals surface area contributed by atoms with Crippen LogP contribution in [-0.4, -0.2) is 21.5 Å². The molecular formula is C24H21N5OS. The first-order valence-electron chi connectivity index (χ1n) is 9.85. The Bertz CT molecular complexity index is 1200. The topological polar surface area (TPSA) is 77.8 Å². The Balaban J connectivity index is 1.86. The van der Waals surface area contributed by atoms with E-state index in [0.717, 1.165) is 16.9 Å². The maximum atomic E-state index is 6.01. The molecule has 0 saturated heterocycles. The third kappa shape index (κ3) is 4.51. The summed E-state index contributed by atoms with van der Waals surface area (Å²) in [7, 11) is 0. The lowest BCUT2D eigenvalue weighted by Crippen LogP contribution is -2.21. The number of aromatic nitrogens is 2. The fourth-order valence-electron chi connectivity index (χ4n) is 3.19. The number of azo groups is 1. The van der Waals surface area contributed by atoms with Crippen molar-refractivity contribution in [1.29, 1.82) is 0 Å². The van der Waals surface area contributed by atoms with Crippen LogP contribution in [0.25, 0.3) is 22.5 Å². The molecule has 0 amide bonds. The molecule has 1 heterocycles. The van der Waals surface area contributed by atoms with Crippen molar-refractivity contribution >= 4 is 28.7 Å². The van der Waals surface area contributed by atoms with Crippen LogP contribution in [-0.2, 0) is 0 Å². The summed E-state index contributed by atoms with van der Waals surface area (Å²) in [6.07, 6.45) is 0. The molecule has 0 bridgehead atoms. The van der Waals surface area contributed by atoms with Gasteiger partial charge in [-0.1, -0.05) is 60.7 Å². The molecule has 0 aliphatic carbocycles. The third-order valence-electron chi connectivity index (χ3n) is 4.58. The highest BCUT2D eigenvalue weighted by molar-refractivity contribution is 7.80. The zero-order valence-electron chi connectivity index (χ0n) is 17.0. The minimum Gasteiger partial charge on any atom is -0.494 e. The summed E-state index contributed by atoms with van der Waals surface area (Å²) in [6.45, 7) is 2.56. The number of hydrogen-bond donors (Lipinski definition) is 1. The van der Waals surface area contributed by atoms with Gasteiger partial charge in [-0.05, 0) is 43.4 Å². The van der Waals surface area contributed by atoms with Gasteiger partial charge in [-0.2, -0.15) is 10.2 Å². The van der Waals surface area contributed by atoms with Gasteiger partial charge in [0.1, 0.15) is 22.8 Å². The van der Waals surface area contributed by atoms with E-state index >= 15 is 0 Å². The van der Waals surface area contributed by atoms with Gasteiger partial charge in [0.25, 0.3) is 0 Å². The minimum absolute atomic E-state index is 0.138. The van der Waals surface area contributed by atoms with Gasteiger partial charge < -0.3 is 10.5 Å². The van der Waals surface area contributed by atoms with E-state index in [1.54, 1.807) is 4.68 Å². The average molecular weight is 428 g/mol. The summed E-state index contributed by atoms with van der Waals surface area (Å²) in [5.41, 5.74) is 10.4. The van der Waals surface area contributed by atoms with E-state index in [1.807, 2.05) is 91.9 Å². The van der Waals surface area contributed by atoms with Gasteiger partial charge in [0.15, 0.2) is 5.11 Å². The Kier molecular flexibility index (Phi) is 6.14. The van der Waals surface area contributed by atoms with Gasteiger partial charge in [0.2, 0.25) is 0 Å². The average Bonchev–Trinajstić information content (AvgIpc) is 3.20. The van der Waals surface area contributed by atoms with Crippen LogP contribution in [0, 0.1) is 0 Å². The molecule has 31 heavy (non-hydrogen) atoms. The molecule has 0 saturated carbocycles. The van der Waals surface area contributed by atoms with Crippen LogP contribution >= 0.6 is 12.2 Å². The molecule has 1 aromatic heterocycles. The van der Waals surface area contributed by atoms with Gasteiger partial charge in [-0.25, -0.2) is 4.68 Å². The summed E-state index contributed by atoms with van der Waals surface area (Å²) in [6, 6.07) is 27.0. The van der Waals surface area contributed by atoms with Crippen molar-refractivity contribution in [3.8, 4) is 28.3 Å². The molecule has 0 aliphatic heterocycles. The molecule has 0 radical (unpaired) electrons. The summed E-state index contributed by atoms with van der Waals surface area (Å²) >= 11 is 5.28. The largest absolute Gasteiger partial charge is 0.494 e. The lowest BCUT2D eigenvalue weighted by molar-refractivity contribution is 0.340. The fourth-order valence-corrected chi connectivity index (χ4v) is 3.33. The van der Waals surface area contributed by atoms with Crippen LogP contribution in [0.5, 0.6) is 5.75 Å². The predicted octanol–water partition coefficient (Wildman–Crippen LogP) is 6.12. The van der Waals surface area contributed by atoms with Crippen molar-refractivity contribution < 1.29 is 4.74 Å². The first-order valence-corrected chi connectivity index (χ1v) is 10.3. The first-order chi connectivity index (χ1) is 15.2. The van der Waals surface area contributed by atoms with Crippen molar-refractivity contribution in [3.63, 3.8) is 0 Å². The van der Waals surface area contributed by atoms with E-state index in [9.17, 15) is 0 Å². The first kappa shape index (κ1) is 20.4. The molecule has 2 N–H and O–H groups in total. The molecule has 0 fully saturated rings. The molecule has 0 atom stereocenters. The number of thiocarbonyl (C=S) groups is 1. The van der Waals surface area contributed by atoms with E-state index in [-0.39, 0.29) is 5.11 Å². The Labute approximate surface area is 186 Å². The smallest absolute Gasteiger partial charge is 0.191 e. The van der Waals surface area contributed by atoms with Crippen LogP contribution in [0.4, 0.5) is 11.4 Å².